The molecule has 0 unspecified atom stereocenters. The molecule has 4 aromatic rings. The Kier molecular flexibility index (Phi) is 3.88. The number of anilines is 1. The number of hydrogen-bond acceptors (Lipinski definition) is 4. The molecule has 0 aliphatic heterocycles. The molecule has 1 N–H and O–H groups in total. The van der Waals surface area contributed by atoms with Crippen molar-refractivity contribution in [1.29, 1.82) is 0 Å². The highest BCUT2D eigenvalue weighted by atomic mass is 35.5. The van der Waals surface area contributed by atoms with Crippen LogP contribution in [0.3, 0.4) is 0 Å². The Bertz CT molecular complexity index is 960. The first-order valence-electron chi connectivity index (χ1n) is 7.62. The summed E-state index contributed by atoms with van der Waals surface area (Å²) < 4.78 is 3.70. The van der Waals surface area contributed by atoms with E-state index in [4.69, 9.17) is 11.6 Å². The lowest BCUT2D eigenvalue weighted by molar-refractivity contribution is 0.636. The SMILES string of the molecule is Clc1cccc(-c2cnc3ccc(NCCn4cccn4)nn23)c1. The van der Waals surface area contributed by atoms with Crippen LogP contribution in [0.2, 0.25) is 5.02 Å². The largest absolute Gasteiger partial charge is 0.367 e. The van der Waals surface area contributed by atoms with Gasteiger partial charge in [-0.1, -0.05) is 23.7 Å². The quantitative estimate of drug-likeness (QED) is 0.606. The number of aromatic nitrogens is 5. The number of hydrogen-bond donors (Lipinski definition) is 1. The molecule has 3 aromatic heterocycles. The molecule has 0 bridgehead atoms. The molecule has 0 amide bonds. The number of halogens is 1. The molecule has 0 saturated carbocycles. The van der Waals surface area contributed by atoms with E-state index in [0.717, 1.165) is 35.8 Å². The highest BCUT2D eigenvalue weighted by molar-refractivity contribution is 6.30. The van der Waals surface area contributed by atoms with Crippen LogP contribution >= 0.6 is 11.6 Å². The first kappa shape index (κ1) is 14.7. The molecule has 0 radical (unpaired) electrons. The molecule has 0 aliphatic rings. The van der Waals surface area contributed by atoms with Crippen LogP contribution in [-0.2, 0) is 6.54 Å². The van der Waals surface area contributed by atoms with E-state index < -0.39 is 0 Å². The number of nitrogens with one attached hydrogen (secondary N) is 1. The van der Waals surface area contributed by atoms with E-state index in [1.54, 1.807) is 6.20 Å². The summed E-state index contributed by atoms with van der Waals surface area (Å²) in [6, 6.07) is 13.4. The van der Waals surface area contributed by atoms with E-state index in [1.165, 1.54) is 0 Å². The minimum Gasteiger partial charge on any atom is -0.367 e. The van der Waals surface area contributed by atoms with E-state index in [-0.39, 0.29) is 0 Å². The summed E-state index contributed by atoms with van der Waals surface area (Å²) in [5.41, 5.74) is 2.68. The van der Waals surface area contributed by atoms with Crippen molar-refractivity contribution in [2.45, 2.75) is 6.54 Å². The van der Waals surface area contributed by atoms with Crippen molar-refractivity contribution >= 4 is 23.1 Å². The maximum Gasteiger partial charge on any atom is 0.154 e. The molecular formula is C17H15ClN6. The topological polar surface area (TPSA) is 60.0 Å². The second-order valence-corrected chi connectivity index (χ2v) is 5.77. The third kappa shape index (κ3) is 2.96. The molecule has 0 aliphatic carbocycles. The predicted molar refractivity (Wildman–Crippen MR) is 94.1 cm³/mol. The zero-order chi connectivity index (χ0) is 16.4. The van der Waals surface area contributed by atoms with Crippen molar-refractivity contribution in [2.24, 2.45) is 0 Å². The fraction of sp³-hybridized carbons (Fsp3) is 0.118. The molecule has 4 rings (SSSR count). The number of imidazole rings is 1. The standard InChI is InChI=1S/C17H15ClN6/c18-14-4-1-3-13(11-14)15-12-20-17-6-5-16(22-24(15)17)19-8-10-23-9-2-7-21-23/h1-7,9,11-12H,8,10H2,(H,19,22). The van der Waals surface area contributed by atoms with Crippen molar-refractivity contribution in [3.63, 3.8) is 0 Å². The minimum atomic E-state index is 0.691. The molecule has 24 heavy (non-hydrogen) atoms. The average molecular weight is 339 g/mol. The highest BCUT2D eigenvalue weighted by Gasteiger charge is 2.08. The summed E-state index contributed by atoms with van der Waals surface area (Å²) in [5, 5.41) is 12.8. The van der Waals surface area contributed by atoms with Crippen LogP contribution in [-0.4, -0.2) is 30.9 Å². The van der Waals surface area contributed by atoms with Crippen molar-refractivity contribution < 1.29 is 0 Å². The van der Waals surface area contributed by atoms with Crippen LogP contribution in [0.1, 0.15) is 0 Å². The Labute approximate surface area is 143 Å². The zero-order valence-electron chi connectivity index (χ0n) is 12.8. The van der Waals surface area contributed by atoms with Gasteiger partial charge in [0.2, 0.25) is 0 Å². The summed E-state index contributed by atoms with van der Waals surface area (Å²) in [5.74, 6) is 0.788. The molecule has 6 nitrogen and oxygen atoms in total. The molecule has 3 heterocycles. The van der Waals surface area contributed by atoms with Crippen LogP contribution in [0.4, 0.5) is 5.82 Å². The summed E-state index contributed by atoms with van der Waals surface area (Å²) in [6.45, 7) is 1.51. The van der Waals surface area contributed by atoms with Crippen LogP contribution in [0.25, 0.3) is 16.9 Å². The normalized spacial score (nSPS) is 11.0. The highest BCUT2D eigenvalue weighted by Crippen LogP contribution is 2.23. The van der Waals surface area contributed by atoms with Gasteiger partial charge < -0.3 is 5.32 Å². The lowest BCUT2D eigenvalue weighted by atomic mass is 10.2. The van der Waals surface area contributed by atoms with E-state index >= 15 is 0 Å². The molecule has 0 spiro atoms. The van der Waals surface area contributed by atoms with E-state index in [2.05, 4.69) is 20.5 Å². The van der Waals surface area contributed by atoms with Gasteiger partial charge in [-0.2, -0.15) is 5.10 Å². The van der Waals surface area contributed by atoms with Crippen LogP contribution in [0.15, 0.2) is 61.1 Å². The van der Waals surface area contributed by atoms with Crippen LogP contribution in [0.5, 0.6) is 0 Å². The molecule has 120 valence electrons. The maximum absolute atomic E-state index is 6.09. The maximum atomic E-state index is 6.09. The Hall–Kier alpha value is -2.86. The number of nitrogens with zero attached hydrogens (tertiary/aromatic N) is 5. The molecular weight excluding hydrogens is 324 g/mol. The molecule has 0 fully saturated rings. The Morgan fingerprint density at radius 2 is 2.08 bits per heavy atom. The first-order chi connectivity index (χ1) is 11.8. The van der Waals surface area contributed by atoms with Crippen LogP contribution in [0, 0.1) is 0 Å². The average Bonchev–Trinajstić information content (AvgIpc) is 3.24. The van der Waals surface area contributed by atoms with E-state index in [9.17, 15) is 0 Å². The number of rotatable bonds is 5. The second kappa shape index (κ2) is 6.33. The fourth-order valence-electron chi connectivity index (χ4n) is 2.54. The van der Waals surface area contributed by atoms with Gasteiger partial charge in [0.05, 0.1) is 18.4 Å². The number of fused-ring (bicyclic) bond motifs is 1. The smallest absolute Gasteiger partial charge is 0.154 e. The monoisotopic (exact) mass is 338 g/mol. The Morgan fingerprint density at radius 3 is 2.92 bits per heavy atom. The third-order valence-corrected chi connectivity index (χ3v) is 3.92. The van der Waals surface area contributed by atoms with Gasteiger partial charge in [0, 0.05) is 29.5 Å². The van der Waals surface area contributed by atoms with Gasteiger partial charge in [0.15, 0.2) is 5.65 Å². The van der Waals surface area contributed by atoms with Crippen molar-refractivity contribution in [1.82, 2.24) is 24.4 Å². The number of benzene rings is 1. The van der Waals surface area contributed by atoms with Crippen molar-refractivity contribution in [3.05, 3.63) is 66.1 Å². The third-order valence-electron chi connectivity index (χ3n) is 3.69. The molecule has 1 aromatic carbocycles. The van der Waals surface area contributed by atoms with Gasteiger partial charge in [0.1, 0.15) is 5.82 Å². The summed E-state index contributed by atoms with van der Waals surface area (Å²) in [7, 11) is 0. The minimum absolute atomic E-state index is 0.691. The zero-order valence-corrected chi connectivity index (χ0v) is 13.6. The summed E-state index contributed by atoms with van der Waals surface area (Å²) in [4.78, 5) is 4.40. The van der Waals surface area contributed by atoms with Gasteiger partial charge in [0.25, 0.3) is 0 Å². The predicted octanol–water partition coefficient (Wildman–Crippen LogP) is 3.36. The molecule has 7 heteroatoms. The van der Waals surface area contributed by atoms with Crippen LogP contribution < -0.4 is 5.32 Å². The first-order valence-corrected chi connectivity index (χ1v) is 7.99. The second-order valence-electron chi connectivity index (χ2n) is 5.34. The van der Waals surface area contributed by atoms with E-state index in [0.29, 0.717) is 5.02 Å². The fourth-order valence-corrected chi connectivity index (χ4v) is 2.73. The van der Waals surface area contributed by atoms with Gasteiger partial charge in [-0.15, -0.1) is 5.10 Å². The summed E-state index contributed by atoms with van der Waals surface area (Å²) >= 11 is 6.09. The van der Waals surface area contributed by atoms with Gasteiger partial charge >= 0.3 is 0 Å². The lowest BCUT2D eigenvalue weighted by Crippen LogP contribution is -2.12. The Morgan fingerprint density at radius 1 is 1.12 bits per heavy atom. The Balaban J connectivity index is 1.58. The van der Waals surface area contributed by atoms with Gasteiger partial charge in [-0.25, -0.2) is 9.50 Å². The lowest BCUT2D eigenvalue weighted by Gasteiger charge is -2.07. The van der Waals surface area contributed by atoms with Gasteiger partial charge in [-0.3, -0.25) is 4.68 Å². The molecule has 0 atom stereocenters. The van der Waals surface area contributed by atoms with Crippen molar-refractivity contribution in [2.75, 3.05) is 11.9 Å². The van der Waals surface area contributed by atoms with Crippen molar-refractivity contribution in [3.8, 4) is 11.3 Å². The summed E-state index contributed by atoms with van der Waals surface area (Å²) in [6.07, 6.45) is 5.51. The molecule has 0 saturated heterocycles. The van der Waals surface area contributed by atoms with Gasteiger partial charge in [-0.05, 0) is 30.3 Å². The van der Waals surface area contributed by atoms with E-state index in [1.807, 2.05) is 64.1 Å².